The van der Waals surface area contributed by atoms with Gasteiger partial charge in [-0.25, -0.2) is 4.39 Å². The van der Waals surface area contributed by atoms with E-state index in [1.165, 1.54) is 12.1 Å². The fourth-order valence-electron chi connectivity index (χ4n) is 1.84. The van der Waals surface area contributed by atoms with Gasteiger partial charge in [0.15, 0.2) is 0 Å². The minimum Gasteiger partial charge on any atom is -0.347 e. The lowest BCUT2D eigenvalue weighted by molar-refractivity contribution is 0.0940. The van der Waals surface area contributed by atoms with E-state index in [9.17, 15) is 9.18 Å². The number of benzene rings is 1. The Kier molecular flexibility index (Phi) is 3.94. The van der Waals surface area contributed by atoms with Gasteiger partial charge in [0.2, 0.25) is 0 Å². The predicted octanol–water partition coefficient (Wildman–Crippen LogP) is 2.28. The van der Waals surface area contributed by atoms with Gasteiger partial charge in [0.05, 0.1) is 5.69 Å². The average molecular weight is 261 g/mol. The first-order valence-corrected chi connectivity index (χ1v) is 6.17. The molecular formula is C14H16FN3O. The molecule has 0 spiro atoms. The lowest BCUT2D eigenvalue weighted by Crippen LogP contribution is -2.25. The van der Waals surface area contributed by atoms with E-state index >= 15 is 0 Å². The summed E-state index contributed by atoms with van der Waals surface area (Å²) in [5.41, 5.74) is 2.21. The summed E-state index contributed by atoms with van der Waals surface area (Å²) in [7, 11) is 0. The molecule has 100 valence electrons. The van der Waals surface area contributed by atoms with E-state index in [1.807, 2.05) is 13.8 Å². The van der Waals surface area contributed by atoms with E-state index in [0.29, 0.717) is 18.8 Å². The van der Waals surface area contributed by atoms with Crippen molar-refractivity contribution >= 4 is 5.91 Å². The Bertz CT molecular complexity index is 575. The number of carbonyl (C=O) groups is 1. The summed E-state index contributed by atoms with van der Waals surface area (Å²) in [6.07, 6.45) is 0. The quantitative estimate of drug-likeness (QED) is 0.917. The summed E-state index contributed by atoms with van der Waals surface area (Å²) >= 11 is 0. The van der Waals surface area contributed by atoms with Gasteiger partial charge in [-0.1, -0.05) is 12.1 Å². The molecule has 2 aromatic rings. The predicted molar refractivity (Wildman–Crippen MR) is 70.2 cm³/mol. The summed E-state index contributed by atoms with van der Waals surface area (Å²) in [6, 6.07) is 7.81. The number of hydrogen-bond acceptors (Lipinski definition) is 2. The Labute approximate surface area is 111 Å². The van der Waals surface area contributed by atoms with Crippen molar-refractivity contribution in [2.75, 3.05) is 0 Å². The molecule has 0 unspecified atom stereocenters. The lowest BCUT2D eigenvalue weighted by Gasteiger charge is -2.06. The van der Waals surface area contributed by atoms with Crippen LogP contribution in [-0.2, 0) is 13.1 Å². The van der Waals surface area contributed by atoms with Crippen LogP contribution in [0.15, 0.2) is 30.3 Å². The van der Waals surface area contributed by atoms with Crippen molar-refractivity contribution in [1.82, 2.24) is 15.1 Å². The molecule has 1 aromatic heterocycles. The molecule has 0 saturated heterocycles. The van der Waals surface area contributed by atoms with Crippen molar-refractivity contribution in [3.05, 3.63) is 53.1 Å². The second-order valence-corrected chi connectivity index (χ2v) is 4.30. The highest BCUT2D eigenvalue weighted by atomic mass is 19.1. The number of rotatable bonds is 4. The molecule has 0 aliphatic heterocycles. The van der Waals surface area contributed by atoms with E-state index in [2.05, 4.69) is 10.4 Å². The van der Waals surface area contributed by atoms with Gasteiger partial charge < -0.3 is 5.32 Å². The van der Waals surface area contributed by atoms with E-state index < -0.39 is 0 Å². The molecule has 0 aliphatic rings. The zero-order valence-corrected chi connectivity index (χ0v) is 11.0. The SMILES string of the molecule is CCn1nc(C)cc1C(=O)NCc1ccc(F)cc1. The second-order valence-electron chi connectivity index (χ2n) is 4.30. The monoisotopic (exact) mass is 261 g/mol. The Morgan fingerprint density at radius 1 is 1.37 bits per heavy atom. The fraction of sp³-hybridized carbons (Fsp3) is 0.286. The van der Waals surface area contributed by atoms with Gasteiger partial charge in [0, 0.05) is 13.1 Å². The van der Waals surface area contributed by atoms with Crippen LogP contribution in [-0.4, -0.2) is 15.7 Å². The number of hydrogen-bond donors (Lipinski definition) is 1. The van der Waals surface area contributed by atoms with Gasteiger partial charge in [0.1, 0.15) is 11.5 Å². The van der Waals surface area contributed by atoms with Crippen molar-refractivity contribution in [3.63, 3.8) is 0 Å². The maximum absolute atomic E-state index is 12.8. The van der Waals surface area contributed by atoms with Crippen LogP contribution in [0.25, 0.3) is 0 Å². The van der Waals surface area contributed by atoms with Crippen molar-refractivity contribution in [2.45, 2.75) is 26.9 Å². The van der Waals surface area contributed by atoms with Crippen LogP contribution in [0.4, 0.5) is 4.39 Å². The fourth-order valence-corrected chi connectivity index (χ4v) is 1.84. The molecule has 19 heavy (non-hydrogen) atoms. The Morgan fingerprint density at radius 3 is 2.68 bits per heavy atom. The minimum atomic E-state index is -0.283. The van der Waals surface area contributed by atoms with Gasteiger partial charge in [-0.15, -0.1) is 0 Å². The molecule has 0 saturated carbocycles. The van der Waals surface area contributed by atoms with Gasteiger partial charge >= 0.3 is 0 Å². The number of nitrogens with one attached hydrogen (secondary N) is 1. The maximum Gasteiger partial charge on any atom is 0.269 e. The number of carbonyl (C=O) groups excluding carboxylic acids is 1. The summed E-state index contributed by atoms with van der Waals surface area (Å²) in [5.74, 6) is -0.457. The highest BCUT2D eigenvalue weighted by molar-refractivity contribution is 5.92. The third-order valence-corrected chi connectivity index (χ3v) is 2.80. The van der Waals surface area contributed by atoms with Crippen molar-refractivity contribution in [3.8, 4) is 0 Å². The van der Waals surface area contributed by atoms with E-state index in [-0.39, 0.29) is 11.7 Å². The molecule has 1 heterocycles. The first kappa shape index (κ1) is 13.3. The Balaban J connectivity index is 2.03. The standard InChI is InChI=1S/C14H16FN3O/c1-3-18-13(8-10(2)17-18)14(19)16-9-11-4-6-12(15)7-5-11/h4-8H,3,9H2,1-2H3,(H,16,19). The third-order valence-electron chi connectivity index (χ3n) is 2.80. The van der Waals surface area contributed by atoms with Crippen molar-refractivity contribution < 1.29 is 9.18 Å². The molecule has 0 aliphatic carbocycles. The zero-order valence-electron chi connectivity index (χ0n) is 11.0. The zero-order chi connectivity index (χ0) is 13.8. The molecule has 5 heteroatoms. The maximum atomic E-state index is 12.8. The smallest absolute Gasteiger partial charge is 0.269 e. The van der Waals surface area contributed by atoms with Gasteiger partial charge in [-0.3, -0.25) is 9.48 Å². The summed E-state index contributed by atoms with van der Waals surface area (Å²) in [4.78, 5) is 12.0. The van der Waals surface area contributed by atoms with Crippen LogP contribution in [0.2, 0.25) is 0 Å². The van der Waals surface area contributed by atoms with Crippen molar-refractivity contribution in [1.29, 1.82) is 0 Å². The van der Waals surface area contributed by atoms with Crippen LogP contribution in [0.5, 0.6) is 0 Å². The molecule has 1 aromatic carbocycles. The van der Waals surface area contributed by atoms with Gasteiger partial charge in [-0.2, -0.15) is 5.10 Å². The van der Waals surface area contributed by atoms with E-state index in [4.69, 9.17) is 0 Å². The summed E-state index contributed by atoms with van der Waals surface area (Å²) in [5, 5.41) is 7.02. The highest BCUT2D eigenvalue weighted by Crippen LogP contribution is 2.06. The van der Waals surface area contributed by atoms with Crippen LogP contribution in [0.3, 0.4) is 0 Å². The van der Waals surface area contributed by atoms with Gasteiger partial charge in [0.25, 0.3) is 5.91 Å². The largest absolute Gasteiger partial charge is 0.347 e. The number of halogens is 1. The molecule has 0 bridgehead atoms. The first-order chi connectivity index (χ1) is 9.10. The molecule has 0 radical (unpaired) electrons. The third kappa shape index (κ3) is 3.19. The van der Waals surface area contributed by atoms with Crippen molar-refractivity contribution in [2.24, 2.45) is 0 Å². The van der Waals surface area contributed by atoms with Crippen LogP contribution in [0.1, 0.15) is 28.7 Å². The lowest BCUT2D eigenvalue weighted by atomic mass is 10.2. The number of amides is 1. The molecule has 0 fully saturated rings. The van der Waals surface area contributed by atoms with E-state index in [1.54, 1.807) is 22.9 Å². The normalized spacial score (nSPS) is 10.5. The van der Waals surface area contributed by atoms with E-state index in [0.717, 1.165) is 11.3 Å². The number of nitrogens with zero attached hydrogens (tertiary/aromatic N) is 2. The van der Waals surface area contributed by atoms with Crippen LogP contribution >= 0.6 is 0 Å². The Hall–Kier alpha value is -2.17. The molecule has 2 rings (SSSR count). The Morgan fingerprint density at radius 2 is 2.05 bits per heavy atom. The molecular weight excluding hydrogens is 245 g/mol. The van der Waals surface area contributed by atoms with Crippen LogP contribution < -0.4 is 5.32 Å². The molecule has 1 amide bonds. The topological polar surface area (TPSA) is 46.9 Å². The molecule has 0 atom stereocenters. The minimum absolute atomic E-state index is 0.174. The number of aromatic nitrogens is 2. The molecule has 1 N–H and O–H groups in total. The summed E-state index contributed by atoms with van der Waals surface area (Å²) in [6.45, 7) is 4.80. The van der Waals surface area contributed by atoms with Crippen LogP contribution in [0, 0.1) is 12.7 Å². The first-order valence-electron chi connectivity index (χ1n) is 6.17. The number of aryl methyl sites for hydroxylation is 2. The highest BCUT2D eigenvalue weighted by Gasteiger charge is 2.12. The second kappa shape index (κ2) is 5.65. The summed E-state index contributed by atoms with van der Waals surface area (Å²) < 4.78 is 14.4. The molecule has 4 nitrogen and oxygen atoms in total. The average Bonchev–Trinajstić information content (AvgIpc) is 2.79. The van der Waals surface area contributed by atoms with Gasteiger partial charge in [-0.05, 0) is 37.6 Å².